The third kappa shape index (κ3) is 2.16. The topological polar surface area (TPSA) is 63.1 Å². The summed E-state index contributed by atoms with van der Waals surface area (Å²) in [5.41, 5.74) is 1.30. The Labute approximate surface area is 69.6 Å². The largest absolute Gasteiger partial charge is 0.478 e. The molecule has 0 aromatic carbocycles. The van der Waals surface area contributed by atoms with Gasteiger partial charge in [0.25, 0.3) is 0 Å². The van der Waals surface area contributed by atoms with Gasteiger partial charge in [-0.25, -0.2) is 4.79 Å². The molecule has 62 valence electrons. The van der Waals surface area contributed by atoms with Crippen molar-refractivity contribution in [3.8, 4) is 0 Å². The van der Waals surface area contributed by atoms with Gasteiger partial charge in [-0.15, -0.1) is 0 Å². The highest BCUT2D eigenvalue weighted by atomic mass is 16.4. The third-order valence-electron chi connectivity index (χ3n) is 1.30. The molecule has 4 nitrogen and oxygen atoms in total. The molecule has 0 saturated heterocycles. The molecule has 1 aromatic heterocycles. The van der Waals surface area contributed by atoms with Crippen LogP contribution in [0.15, 0.2) is 18.5 Å². The van der Waals surface area contributed by atoms with E-state index in [9.17, 15) is 4.79 Å². The third-order valence-corrected chi connectivity index (χ3v) is 1.30. The van der Waals surface area contributed by atoms with E-state index in [2.05, 4.69) is 9.97 Å². The Morgan fingerprint density at radius 2 is 2.17 bits per heavy atom. The summed E-state index contributed by atoms with van der Waals surface area (Å²) in [6, 6.07) is 0. The van der Waals surface area contributed by atoms with Crippen LogP contribution in [0.4, 0.5) is 0 Å². The maximum atomic E-state index is 10.1. The van der Waals surface area contributed by atoms with E-state index in [-0.39, 0.29) is 0 Å². The molecule has 0 aliphatic carbocycles. The van der Waals surface area contributed by atoms with Crippen LogP contribution in [0.3, 0.4) is 0 Å². The standard InChI is InChI=1S/C8H8N2O2/c1-6-7(2-3-8(11)12)10-5-4-9-6/h2-5H,1H3,(H,11,12)/b3-2+. The van der Waals surface area contributed by atoms with Gasteiger partial charge in [0.2, 0.25) is 0 Å². The molecule has 0 aliphatic rings. The van der Waals surface area contributed by atoms with Crippen molar-refractivity contribution >= 4 is 12.0 Å². The molecule has 1 rings (SSSR count). The molecule has 1 aromatic rings. The van der Waals surface area contributed by atoms with E-state index < -0.39 is 5.97 Å². The second-order valence-corrected chi connectivity index (χ2v) is 2.20. The van der Waals surface area contributed by atoms with Crippen LogP contribution in [0.1, 0.15) is 11.4 Å². The van der Waals surface area contributed by atoms with Crippen LogP contribution in [0, 0.1) is 6.92 Å². The first-order valence-corrected chi connectivity index (χ1v) is 3.39. The van der Waals surface area contributed by atoms with E-state index >= 15 is 0 Å². The summed E-state index contributed by atoms with van der Waals surface area (Å²) in [6.07, 6.45) is 5.55. The van der Waals surface area contributed by atoms with Gasteiger partial charge in [0.1, 0.15) is 0 Å². The second kappa shape index (κ2) is 3.61. The van der Waals surface area contributed by atoms with Crippen LogP contribution in [-0.4, -0.2) is 21.0 Å². The van der Waals surface area contributed by atoms with Crippen LogP contribution < -0.4 is 0 Å². The van der Waals surface area contributed by atoms with Gasteiger partial charge in [-0.3, -0.25) is 9.97 Å². The average molecular weight is 164 g/mol. The fraction of sp³-hybridized carbons (Fsp3) is 0.125. The molecule has 0 fully saturated rings. The molecular formula is C8H8N2O2. The Balaban J connectivity index is 2.89. The lowest BCUT2D eigenvalue weighted by Gasteiger charge is -1.94. The average Bonchev–Trinajstić information content (AvgIpc) is 2.03. The number of hydrogen-bond donors (Lipinski definition) is 1. The lowest BCUT2D eigenvalue weighted by atomic mass is 10.3. The molecule has 12 heavy (non-hydrogen) atoms. The van der Waals surface area contributed by atoms with Crippen LogP contribution in [0.5, 0.6) is 0 Å². The Kier molecular flexibility index (Phi) is 2.53. The molecule has 0 amide bonds. The van der Waals surface area contributed by atoms with Gasteiger partial charge in [-0.1, -0.05) is 0 Å². The highest BCUT2D eigenvalue weighted by Crippen LogP contribution is 2.00. The fourth-order valence-corrected chi connectivity index (χ4v) is 0.732. The van der Waals surface area contributed by atoms with E-state index in [0.717, 1.165) is 11.8 Å². The van der Waals surface area contributed by atoms with Crippen molar-refractivity contribution in [2.75, 3.05) is 0 Å². The molecule has 0 radical (unpaired) electrons. The van der Waals surface area contributed by atoms with Gasteiger partial charge < -0.3 is 5.11 Å². The van der Waals surface area contributed by atoms with Crippen LogP contribution >= 0.6 is 0 Å². The lowest BCUT2D eigenvalue weighted by Crippen LogP contribution is -1.91. The minimum absolute atomic E-state index is 0.583. The van der Waals surface area contributed by atoms with Crippen molar-refractivity contribution in [2.24, 2.45) is 0 Å². The van der Waals surface area contributed by atoms with Crippen LogP contribution in [0.25, 0.3) is 6.08 Å². The van der Waals surface area contributed by atoms with Gasteiger partial charge in [-0.05, 0) is 13.0 Å². The zero-order chi connectivity index (χ0) is 8.97. The fourth-order valence-electron chi connectivity index (χ4n) is 0.732. The first kappa shape index (κ1) is 8.39. The number of aryl methyl sites for hydroxylation is 1. The Hall–Kier alpha value is -1.71. The number of hydrogen-bond acceptors (Lipinski definition) is 3. The second-order valence-electron chi connectivity index (χ2n) is 2.20. The minimum atomic E-state index is -0.986. The van der Waals surface area contributed by atoms with Crippen LogP contribution in [-0.2, 0) is 4.79 Å². The zero-order valence-electron chi connectivity index (χ0n) is 6.56. The van der Waals surface area contributed by atoms with E-state index in [1.807, 2.05) is 0 Å². The first-order chi connectivity index (χ1) is 5.70. The number of carboxylic acid groups (broad SMARTS) is 1. The van der Waals surface area contributed by atoms with E-state index in [4.69, 9.17) is 5.11 Å². The van der Waals surface area contributed by atoms with Gasteiger partial charge in [0, 0.05) is 18.5 Å². The summed E-state index contributed by atoms with van der Waals surface area (Å²) in [4.78, 5) is 18.0. The molecule has 0 saturated carbocycles. The van der Waals surface area contributed by atoms with Crippen molar-refractivity contribution in [2.45, 2.75) is 6.92 Å². The predicted molar refractivity (Wildman–Crippen MR) is 43.4 cm³/mol. The quantitative estimate of drug-likeness (QED) is 0.659. The molecule has 4 heteroatoms. The molecule has 0 spiro atoms. The minimum Gasteiger partial charge on any atom is -0.478 e. The number of aromatic nitrogens is 2. The van der Waals surface area contributed by atoms with Crippen molar-refractivity contribution in [3.05, 3.63) is 29.9 Å². The van der Waals surface area contributed by atoms with Gasteiger partial charge in [0.15, 0.2) is 0 Å². The maximum Gasteiger partial charge on any atom is 0.328 e. The van der Waals surface area contributed by atoms with Gasteiger partial charge >= 0.3 is 5.97 Å². The molecule has 0 unspecified atom stereocenters. The highest BCUT2D eigenvalue weighted by molar-refractivity contribution is 5.85. The Bertz CT molecular complexity index is 321. The number of rotatable bonds is 2. The summed E-state index contributed by atoms with van der Waals surface area (Å²) in [6.45, 7) is 1.77. The monoisotopic (exact) mass is 164 g/mol. The molecule has 0 aliphatic heterocycles. The van der Waals surface area contributed by atoms with Crippen molar-refractivity contribution in [3.63, 3.8) is 0 Å². The first-order valence-electron chi connectivity index (χ1n) is 3.39. The summed E-state index contributed by atoms with van der Waals surface area (Å²) in [7, 11) is 0. The number of aliphatic carboxylic acids is 1. The summed E-state index contributed by atoms with van der Waals surface area (Å²) in [5, 5.41) is 8.33. The lowest BCUT2D eigenvalue weighted by molar-refractivity contribution is -0.131. The summed E-state index contributed by atoms with van der Waals surface area (Å²) < 4.78 is 0. The predicted octanol–water partition coefficient (Wildman–Crippen LogP) is 0.883. The highest BCUT2D eigenvalue weighted by Gasteiger charge is 1.94. The van der Waals surface area contributed by atoms with E-state index in [0.29, 0.717) is 5.69 Å². The molecule has 0 bridgehead atoms. The number of carbonyl (C=O) groups is 1. The van der Waals surface area contributed by atoms with E-state index in [1.165, 1.54) is 12.3 Å². The summed E-state index contributed by atoms with van der Waals surface area (Å²) in [5.74, 6) is -0.986. The Morgan fingerprint density at radius 3 is 2.75 bits per heavy atom. The van der Waals surface area contributed by atoms with Crippen molar-refractivity contribution in [1.29, 1.82) is 0 Å². The molecule has 1 heterocycles. The smallest absolute Gasteiger partial charge is 0.328 e. The number of nitrogens with zero attached hydrogens (tertiary/aromatic N) is 2. The van der Waals surface area contributed by atoms with Gasteiger partial charge in [0.05, 0.1) is 11.4 Å². The normalized spacial score (nSPS) is 10.4. The van der Waals surface area contributed by atoms with Gasteiger partial charge in [-0.2, -0.15) is 0 Å². The Morgan fingerprint density at radius 1 is 1.50 bits per heavy atom. The van der Waals surface area contributed by atoms with Crippen molar-refractivity contribution in [1.82, 2.24) is 9.97 Å². The molecular weight excluding hydrogens is 156 g/mol. The van der Waals surface area contributed by atoms with Crippen molar-refractivity contribution < 1.29 is 9.90 Å². The zero-order valence-corrected chi connectivity index (χ0v) is 6.56. The maximum absolute atomic E-state index is 10.1. The molecule has 0 atom stereocenters. The molecule has 1 N–H and O–H groups in total. The SMILES string of the molecule is Cc1nccnc1/C=C/C(=O)O. The van der Waals surface area contributed by atoms with E-state index in [1.54, 1.807) is 13.1 Å². The summed E-state index contributed by atoms with van der Waals surface area (Å²) >= 11 is 0. The number of carboxylic acids is 1. The van der Waals surface area contributed by atoms with Crippen LogP contribution in [0.2, 0.25) is 0 Å².